The van der Waals surface area contributed by atoms with Crippen LogP contribution >= 0.6 is 0 Å². The van der Waals surface area contributed by atoms with Crippen molar-refractivity contribution in [2.24, 2.45) is 0 Å². The molecular weight excluding hydrogens is 977 g/mol. The monoisotopic (exact) mass is 1040 g/mol. The van der Waals surface area contributed by atoms with E-state index in [0.29, 0.717) is 66.5 Å². The van der Waals surface area contributed by atoms with Gasteiger partial charge in [0.25, 0.3) is 0 Å². The molecule has 77 heavy (non-hydrogen) atoms. The highest BCUT2D eigenvalue weighted by Crippen LogP contribution is 2.45. The maximum Gasteiger partial charge on any atom is 0.164 e. The number of benzene rings is 7. The third kappa shape index (κ3) is 14.4. The highest BCUT2D eigenvalue weighted by Gasteiger charge is 2.46. The van der Waals surface area contributed by atoms with Gasteiger partial charge < -0.3 is 61.9 Å². The van der Waals surface area contributed by atoms with Crippen LogP contribution in [0.3, 0.4) is 0 Å². The molecule has 3 aliphatic rings. The first-order valence-electron chi connectivity index (χ1n) is 26.3. The molecule has 0 radical (unpaired) electrons. The minimum absolute atomic E-state index is 0.0937. The predicted molar refractivity (Wildman–Crippen MR) is 289 cm³/mol. The van der Waals surface area contributed by atoms with Crippen LogP contribution in [0.15, 0.2) is 176 Å². The van der Waals surface area contributed by atoms with Crippen molar-refractivity contribution in [2.45, 2.75) is 122 Å². The third-order valence-electron chi connectivity index (χ3n) is 13.2. The predicted octanol–water partition coefficient (Wildman–Crippen LogP) is 12.7. The summed E-state index contributed by atoms with van der Waals surface area (Å²) in [7, 11) is 0. The van der Waals surface area contributed by atoms with Crippen molar-refractivity contribution in [3.8, 4) is 34.5 Å². The molecule has 3 aliphatic heterocycles. The Hall–Kier alpha value is -6.94. The molecule has 3 heterocycles. The minimum Gasteiger partial charge on any atom is -0.491 e. The van der Waals surface area contributed by atoms with Gasteiger partial charge in [0.15, 0.2) is 17.4 Å². The highest BCUT2D eigenvalue weighted by atomic mass is 16.8. The van der Waals surface area contributed by atoms with Gasteiger partial charge in [-0.05, 0) is 117 Å². The summed E-state index contributed by atoms with van der Waals surface area (Å²) < 4.78 is 78.0. The first-order chi connectivity index (χ1) is 37.2. The van der Waals surface area contributed by atoms with Crippen molar-refractivity contribution in [3.05, 3.63) is 215 Å². The molecule has 10 rings (SSSR count). The molecular formula is C64H68O13. The molecule has 0 aromatic heterocycles. The lowest BCUT2D eigenvalue weighted by molar-refractivity contribution is -0.149. The first kappa shape index (κ1) is 53.5. The number of aliphatic hydroxyl groups excluding tert-OH is 1. The quantitative estimate of drug-likeness (QED) is 0.0692. The van der Waals surface area contributed by atoms with E-state index in [0.717, 1.165) is 33.4 Å². The normalized spacial score (nSPS) is 22.1. The summed E-state index contributed by atoms with van der Waals surface area (Å²) in [5, 5.41) is 10.5. The molecule has 3 fully saturated rings. The van der Waals surface area contributed by atoms with E-state index >= 15 is 0 Å². The molecule has 0 bridgehead atoms. The van der Waals surface area contributed by atoms with Crippen molar-refractivity contribution in [3.63, 3.8) is 0 Å². The van der Waals surface area contributed by atoms with Crippen LogP contribution in [0, 0.1) is 0 Å². The van der Waals surface area contributed by atoms with Crippen LogP contribution in [0.25, 0.3) is 0 Å². The topological polar surface area (TPSA) is 131 Å². The van der Waals surface area contributed by atoms with Crippen LogP contribution in [0.4, 0.5) is 0 Å². The van der Waals surface area contributed by atoms with Crippen molar-refractivity contribution in [1.82, 2.24) is 0 Å². The van der Waals surface area contributed by atoms with Crippen molar-refractivity contribution >= 4 is 0 Å². The van der Waals surface area contributed by atoms with E-state index in [4.69, 9.17) is 56.8 Å². The summed E-state index contributed by atoms with van der Waals surface area (Å²) in [6.07, 6.45) is -3.56. The maximum atomic E-state index is 10.5. The van der Waals surface area contributed by atoms with E-state index in [1.54, 1.807) is 0 Å². The zero-order valence-corrected chi connectivity index (χ0v) is 44.5. The minimum atomic E-state index is -0.955. The van der Waals surface area contributed by atoms with Gasteiger partial charge in [0.1, 0.15) is 111 Å². The van der Waals surface area contributed by atoms with Gasteiger partial charge in [-0.25, -0.2) is 0 Å². The Morgan fingerprint density at radius 1 is 0.325 bits per heavy atom. The summed E-state index contributed by atoms with van der Waals surface area (Å²) in [5.41, 5.74) is 6.44. The highest BCUT2D eigenvalue weighted by molar-refractivity contribution is 5.43. The molecule has 0 aliphatic carbocycles. The standard InChI is InChI=1S/C64H68O13/c1-62(2)72-56(36-65)59(75-62)47-27-54(70-41-57-60(76-63(3,4)73-57)48-29-50(66-37-43-19-11-7-12-20-43)33-51(30-48)67-38-44-21-13-8-14-22-44)35-55(28-47)71-42-58-61(77-64(5,6)74-58)49-31-52(68-39-45-23-15-9-16-24-45)34-53(32-49)69-40-46-25-17-10-18-26-46/h7-35,56-61,65H,36-42H2,1-6H3/t56-,57-,58-,59+,60+,61+/m0/s1. The molecule has 13 heteroatoms. The largest absolute Gasteiger partial charge is 0.491 e. The lowest BCUT2D eigenvalue weighted by Gasteiger charge is -2.22. The fourth-order valence-electron chi connectivity index (χ4n) is 9.83. The van der Waals surface area contributed by atoms with E-state index < -0.39 is 54.0 Å². The number of rotatable bonds is 22. The Bertz CT molecular complexity index is 2700. The Labute approximate surface area is 451 Å². The fourth-order valence-corrected chi connectivity index (χ4v) is 9.83. The Morgan fingerprint density at radius 2 is 0.571 bits per heavy atom. The molecule has 402 valence electrons. The summed E-state index contributed by atoms with van der Waals surface area (Å²) in [4.78, 5) is 0. The number of hydrogen-bond acceptors (Lipinski definition) is 13. The van der Waals surface area contributed by atoms with Crippen LogP contribution in [0.1, 0.15) is 98.8 Å². The maximum absolute atomic E-state index is 10.5. The van der Waals surface area contributed by atoms with Gasteiger partial charge in [-0.1, -0.05) is 121 Å². The van der Waals surface area contributed by atoms with Crippen LogP contribution < -0.4 is 28.4 Å². The summed E-state index contributed by atoms with van der Waals surface area (Å²) >= 11 is 0. The molecule has 0 spiro atoms. The summed E-state index contributed by atoms with van der Waals surface area (Å²) in [6, 6.07) is 57.3. The third-order valence-corrected chi connectivity index (χ3v) is 13.2. The van der Waals surface area contributed by atoms with Crippen molar-refractivity contribution in [1.29, 1.82) is 0 Å². The molecule has 0 unspecified atom stereocenters. The fraction of sp³-hybridized carbons (Fsp3) is 0.344. The summed E-state index contributed by atoms with van der Waals surface area (Å²) in [6.45, 7) is 12.6. The summed E-state index contributed by atoms with van der Waals surface area (Å²) in [5.74, 6) is 0.595. The molecule has 0 amide bonds. The molecule has 7 aromatic carbocycles. The molecule has 1 N–H and O–H groups in total. The van der Waals surface area contributed by atoms with E-state index in [9.17, 15) is 5.11 Å². The first-order valence-corrected chi connectivity index (χ1v) is 26.3. The SMILES string of the molecule is CC1(C)O[C@@H](CO)[C@@H](c2cc(OC[C@@H]3OC(C)(C)O[C@@H]3c3cc(OCc4ccccc4)cc(OCc4ccccc4)c3)cc(OC[C@@H]3OC(C)(C)O[C@@H]3c3cc(OCc4ccccc4)cc(OCc4ccccc4)c3)c2)O1. The molecule has 6 atom stereocenters. The van der Waals surface area contributed by atoms with Gasteiger partial charge in [-0.2, -0.15) is 0 Å². The van der Waals surface area contributed by atoms with Crippen LogP contribution in [0.5, 0.6) is 34.5 Å². The van der Waals surface area contributed by atoms with Crippen molar-refractivity contribution in [2.75, 3.05) is 19.8 Å². The second-order valence-corrected chi connectivity index (χ2v) is 20.9. The molecule has 13 nitrogen and oxygen atoms in total. The average molecular weight is 1050 g/mol. The Kier molecular flexibility index (Phi) is 16.5. The van der Waals surface area contributed by atoms with E-state index in [1.807, 2.05) is 217 Å². The number of hydrogen-bond donors (Lipinski definition) is 1. The zero-order valence-electron chi connectivity index (χ0n) is 44.5. The lowest BCUT2D eigenvalue weighted by atomic mass is 10.0. The Morgan fingerprint density at radius 3 is 0.844 bits per heavy atom. The second kappa shape index (κ2) is 23.7. The average Bonchev–Trinajstić information content (AvgIpc) is 4.07. The molecule has 0 saturated carbocycles. The zero-order chi connectivity index (χ0) is 53.4. The van der Waals surface area contributed by atoms with Gasteiger partial charge in [-0.15, -0.1) is 0 Å². The number of ether oxygens (including phenoxy) is 12. The van der Waals surface area contributed by atoms with Gasteiger partial charge in [-0.3, -0.25) is 0 Å². The van der Waals surface area contributed by atoms with E-state index in [2.05, 4.69) is 0 Å². The van der Waals surface area contributed by atoms with Gasteiger partial charge in [0, 0.05) is 18.2 Å². The van der Waals surface area contributed by atoms with Crippen molar-refractivity contribution < 1.29 is 61.9 Å². The van der Waals surface area contributed by atoms with Crippen LogP contribution in [-0.4, -0.2) is 60.6 Å². The van der Waals surface area contributed by atoms with Gasteiger partial charge in [0.2, 0.25) is 0 Å². The second-order valence-electron chi connectivity index (χ2n) is 20.9. The number of aliphatic hydroxyl groups is 1. The van der Waals surface area contributed by atoms with Crippen LogP contribution in [0.2, 0.25) is 0 Å². The smallest absolute Gasteiger partial charge is 0.164 e. The van der Waals surface area contributed by atoms with E-state index in [-0.39, 0.29) is 19.8 Å². The lowest BCUT2D eigenvalue weighted by Crippen LogP contribution is -2.26. The van der Waals surface area contributed by atoms with Gasteiger partial charge >= 0.3 is 0 Å². The van der Waals surface area contributed by atoms with Gasteiger partial charge in [0.05, 0.1) is 6.61 Å². The van der Waals surface area contributed by atoms with E-state index in [1.165, 1.54) is 0 Å². The Balaban J connectivity index is 0.908. The van der Waals surface area contributed by atoms with Crippen LogP contribution in [-0.2, 0) is 54.8 Å². The molecule has 3 saturated heterocycles. The molecule has 7 aromatic rings.